The van der Waals surface area contributed by atoms with Gasteiger partial charge in [0.1, 0.15) is 10.4 Å². The molecule has 21 heavy (non-hydrogen) atoms. The average Bonchev–Trinajstić information content (AvgIpc) is 2.84. The Balaban J connectivity index is 1.61. The van der Waals surface area contributed by atoms with Gasteiger partial charge in [-0.25, -0.2) is 9.97 Å². The van der Waals surface area contributed by atoms with E-state index in [2.05, 4.69) is 73.4 Å². The zero-order valence-corrected chi connectivity index (χ0v) is 13.6. The van der Waals surface area contributed by atoms with Crippen LogP contribution < -0.4 is 5.32 Å². The van der Waals surface area contributed by atoms with Gasteiger partial charge in [-0.2, -0.15) is 0 Å². The molecule has 1 fully saturated rings. The molecule has 0 amide bonds. The molecule has 1 aromatic heterocycles. The van der Waals surface area contributed by atoms with E-state index in [1.54, 1.807) is 12.4 Å². The maximum atomic E-state index is 4.35. The van der Waals surface area contributed by atoms with E-state index in [0.29, 0.717) is 12.1 Å². The molecular weight excluding hydrogens is 328 g/mol. The minimum Gasteiger partial charge on any atom is -0.364 e. The number of hydrogen-bond donors (Lipinski definition) is 1. The van der Waals surface area contributed by atoms with Crippen LogP contribution in [0.3, 0.4) is 0 Å². The number of anilines is 1. The van der Waals surface area contributed by atoms with Crippen molar-refractivity contribution in [3.8, 4) is 0 Å². The van der Waals surface area contributed by atoms with E-state index in [-0.39, 0.29) is 0 Å². The van der Waals surface area contributed by atoms with Gasteiger partial charge in [0, 0.05) is 25.2 Å². The molecule has 1 saturated heterocycles. The summed E-state index contributed by atoms with van der Waals surface area (Å²) in [6.45, 7) is 4.39. The number of aromatic nitrogens is 2. The summed E-state index contributed by atoms with van der Waals surface area (Å²) in [5.41, 5.74) is 1.37. The molecule has 1 aliphatic heterocycles. The first-order valence-corrected chi connectivity index (χ1v) is 8.04. The summed E-state index contributed by atoms with van der Waals surface area (Å²) in [6, 6.07) is 11.5. The highest BCUT2D eigenvalue weighted by molar-refractivity contribution is 9.10. The quantitative estimate of drug-likeness (QED) is 0.921. The van der Waals surface area contributed by atoms with Gasteiger partial charge in [-0.1, -0.05) is 30.3 Å². The van der Waals surface area contributed by atoms with E-state index in [1.807, 2.05) is 0 Å². The molecule has 5 heteroatoms. The smallest absolute Gasteiger partial charge is 0.144 e. The third-order valence-electron chi connectivity index (χ3n) is 4.07. The van der Waals surface area contributed by atoms with Gasteiger partial charge < -0.3 is 5.32 Å². The molecule has 1 N–H and O–H groups in total. The fraction of sp³-hybridized carbons (Fsp3) is 0.375. The molecular formula is C16H19BrN4. The average molecular weight is 347 g/mol. The molecule has 110 valence electrons. The normalized spacial score (nSPS) is 22.4. The first-order chi connectivity index (χ1) is 10.2. The number of halogens is 1. The van der Waals surface area contributed by atoms with E-state index in [4.69, 9.17) is 0 Å². The van der Waals surface area contributed by atoms with Crippen LogP contribution in [0.5, 0.6) is 0 Å². The minimum atomic E-state index is 0.421. The van der Waals surface area contributed by atoms with Crippen molar-refractivity contribution in [2.45, 2.75) is 32.0 Å². The predicted octanol–water partition coefficient (Wildman–Crippen LogP) is 3.31. The Morgan fingerprint density at radius 3 is 2.76 bits per heavy atom. The molecule has 2 unspecified atom stereocenters. The van der Waals surface area contributed by atoms with Crippen molar-refractivity contribution in [2.75, 3.05) is 11.9 Å². The fourth-order valence-electron chi connectivity index (χ4n) is 2.81. The number of nitrogens with one attached hydrogen (secondary N) is 1. The zero-order chi connectivity index (χ0) is 14.7. The van der Waals surface area contributed by atoms with Crippen LogP contribution in [0.2, 0.25) is 0 Å². The molecule has 0 spiro atoms. The van der Waals surface area contributed by atoms with Crippen LogP contribution in [0, 0.1) is 0 Å². The molecule has 0 radical (unpaired) electrons. The summed E-state index contributed by atoms with van der Waals surface area (Å²) >= 11 is 3.31. The Morgan fingerprint density at radius 2 is 2.05 bits per heavy atom. The van der Waals surface area contributed by atoms with Crippen molar-refractivity contribution in [3.63, 3.8) is 0 Å². The first-order valence-electron chi connectivity index (χ1n) is 7.24. The van der Waals surface area contributed by atoms with Gasteiger partial charge in [0.15, 0.2) is 0 Å². The van der Waals surface area contributed by atoms with Crippen molar-refractivity contribution in [1.29, 1.82) is 0 Å². The summed E-state index contributed by atoms with van der Waals surface area (Å²) in [5.74, 6) is 0.844. The third kappa shape index (κ3) is 3.60. The lowest BCUT2D eigenvalue weighted by Crippen LogP contribution is -2.36. The highest BCUT2D eigenvalue weighted by Crippen LogP contribution is 2.23. The monoisotopic (exact) mass is 346 g/mol. The Morgan fingerprint density at radius 1 is 1.24 bits per heavy atom. The number of rotatable bonds is 4. The van der Waals surface area contributed by atoms with Crippen LogP contribution in [0.15, 0.2) is 47.3 Å². The van der Waals surface area contributed by atoms with Gasteiger partial charge in [-0.3, -0.25) is 4.90 Å². The van der Waals surface area contributed by atoms with Gasteiger partial charge in [0.05, 0.1) is 12.4 Å². The minimum absolute atomic E-state index is 0.421. The third-order valence-corrected chi connectivity index (χ3v) is 4.48. The summed E-state index contributed by atoms with van der Waals surface area (Å²) in [6.07, 6.45) is 4.63. The largest absolute Gasteiger partial charge is 0.364 e. The van der Waals surface area contributed by atoms with E-state index in [1.165, 1.54) is 5.56 Å². The Labute approximate surface area is 133 Å². The molecule has 3 rings (SSSR count). The van der Waals surface area contributed by atoms with Gasteiger partial charge in [-0.15, -0.1) is 0 Å². The van der Waals surface area contributed by atoms with Gasteiger partial charge in [-0.05, 0) is 34.8 Å². The van der Waals surface area contributed by atoms with E-state index in [9.17, 15) is 0 Å². The molecule has 2 aromatic rings. The molecule has 2 heterocycles. The number of hydrogen-bond acceptors (Lipinski definition) is 4. The van der Waals surface area contributed by atoms with Crippen LogP contribution >= 0.6 is 15.9 Å². The highest BCUT2D eigenvalue weighted by atomic mass is 79.9. The van der Waals surface area contributed by atoms with Crippen LogP contribution in [-0.2, 0) is 6.54 Å². The van der Waals surface area contributed by atoms with Gasteiger partial charge in [0.25, 0.3) is 0 Å². The second kappa shape index (κ2) is 6.54. The summed E-state index contributed by atoms with van der Waals surface area (Å²) in [5, 5.41) is 3.50. The van der Waals surface area contributed by atoms with Crippen molar-refractivity contribution in [3.05, 3.63) is 52.9 Å². The van der Waals surface area contributed by atoms with Crippen molar-refractivity contribution in [1.82, 2.24) is 14.9 Å². The van der Waals surface area contributed by atoms with Gasteiger partial charge >= 0.3 is 0 Å². The molecule has 0 saturated carbocycles. The molecule has 2 atom stereocenters. The summed E-state index contributed by atoms with van der Waals surface area (Å²) in [7, 11) is 0. The van der Waals surface area contributed by atoms with Crippen LogP contribution in [-0.4, -0.2) is 33.5 Å². The Bertz CT molecular complexity index is 573. The number of nitrogens with zero attached hydrogens (tertiary/aromatic N) is 3. The standard InChI is InChI=1S/C16H19BrN4/c1-12-14(20-16-10-18-15(17)9-19-16)7-8-21(12)11-13-5-3-2-4-6-13/h2-6,9-10,12,14H,7-8,11H2,1H3,(H,19,20). The van der Waals surface area contributed by atoms with Crippen molar-refractivity contribution < 1.29 is 0 Å². The lowest BCUT2D eigenvalue weighted by molar-refractivity contribution is 0.255. The van der Waals surface area contributed by atoms with Crippen molar-refractivity contribution >= 4 is 21.7 Å². The molecule has 4 nitrogen and oxygen atoms in total. The summed E-state index contributed by atoms with van der Waals surface area (Å²) in [4.78, 5) is 11.1. The molecule has 1 aromatic carbocycles. The predicted molar refractivity (Wildman–Crippen MR) is 88.1 cm³/mol. The fourth-order valence-corrected chi connectivity index (χ4v) is 3.02. The molecule has 0 bridgehead atoms. The maximum Gasteiger partial charge on any atom is 0.144 e. The van der Waals surface area contributed by atoms with Gasteiger partial charge in [0.2, 0.25) is 0 Å². The van der Waals surface area contributed by atoms with Crippen LogP contribution in [0.1, 0.15) is 18.9 Å². The van der Waals surface area contributed by atoms with E-state index in [0.717, 1.165) is 29.9 Å². The second-order valence-corrected chi connectivity index (χ2v) is 6.27. The lowest BCUT2D eigenvalue weighted by Gasteiger charge is -2.25. The van der Waals surface area contributed by atoms with Crippen molar-refractivity contribution in [2.24, 2.45) is 0 Å². The molecule has 1 aliphatic rings. The Kier molecular flexibility index (Phi) is 4.51. The first kappa shape index (κ1) is 14.5. The lowest BCUT2D eigenvalue weighted by atomic mass is 10.1. The summed E-state index contributed by atoms with van der Waals surface area (Å²) < 4.78 is 0.762. The number of likely N-dealkylation sites (tertiary alicyclic amines) is 1. The zero-order valence-electron chi connectivity index (χ0n) is 12.0. The second-order valence-electron chi connectivity index (χ2n) is 5.46. The van der Waals surface area contributed by atoms with E-state index < -0.39 is 0 Å². The maximum absolute atomic E-state index is 4.35. The van der Waals surface area contributed by atoms with Crippen LogP contribution in [0.4, 0.5) is 5.82 Å². The Hall–Kier alpha value is -1.46. The number of benzene rings is 1. The SMILES string of the molecule is CC1C(Nc2cnc(Br)cn2)CCN1Cc1ccccc1. The van der Waals surface area contributed by atoms with Crippen LogP contribution in [0.25, 0.3) is 0 Å². The van der Waals surface area contributed by atoms with E-state index >= 15 is 0 Å². The molecule has 0 aliphatic carbocycles. The highest BCUT2D eigenvalue weighted by Gasteiger charge is 2.30. The topological polar surface area (TPSA) is 41.1 Å².